The third-order valence-electron chi connectivity index (χ3n) is 3.63. The lowest BCUT2D eigenvalue weighted by atomic mass is 9.85. The molecule has 0 amide bonds. The fourth-order valence-corrected chi connectivity index (χ4v) is 2.39. The van der Waals surface area contributed by atoms with E-state index in [4.69, 9.17) is 0 Å². The number of benzene rings is 1. The Kier molecular flexibility index (Phi) is 7.49. The molecule has 2 nitrogen and oxygen atoms in total. The second kappa shape index (κ2) is 8.86. The fraction of sp³-hybridized carbons (Fsp3) is 0.474. The monoisotopic (exact) mass is 317 g/mol. The minimum absolute atomic E-state index is 0. The highest BCUT2D eigenvalue weighted by Crippen LogP contribution is 2.27. The number of nitrogens with zero attached hydrogens (tertiary/aromatic N) is 1. The topological polar surface area (TPSA) is 23.5 Å². The highest BCUT2D eigenvalue weighted by molar-refractivity contribution is 5.85. The van der Waals surface area contributed by atoms with Crippen molar-refractivity contribution < 1.29 is 5.11 Å². The maximum Gasteiger partial charge on any atom is 0.125 e. The molecule has 1 saturated carbocycles. The van der Waals surface area contributed by atoms with Gasteiger partial charge in [0.2, 0.25) is 0 Å². The summed E-state index contributed by atoms with van der Waals surface area (Å²) in [4.78, 5) is 2.04. The largest absolute Gasteiger partial charge is 0.378 e. The molecule has 0 atom stereocenters. The summed E-state index contributed by atoms with van der Waals surface area (Å²) >= 11 is 0. The van der Waals surface area contributed by atoms with Crippen LogP contribution in [0.15, 0.2) is 24.3 Å². The number of hydrogen-bond donors (Lipinski definition) is 1. The molecule has 0 saturated heterocycles. The van der Waals surface area contributed by atoms with Gasteiger partial charge >= 0.3 is 0 Å². The maximum absolute atomic E-state index is 10.4. The molecule has 22 heavy (non-hydrogen) atoms. The van der Waals surface area contributed by atoms with E-state index in [-0.39, 0.29) is 12.4 Å². The first kappa shape index (κ1) is 18.6. The predicted octanol–water partition coefficient (Wildman–Crippen LogP) is 3.07. The second-order valence-electron chi connectivity index (χ2n) is 5.96. The molecule has 118 valence electrons. The summed E-state index contributed by atoms with van der Waals surface area (Å²) in [6, 6.07) is 7.91. The summed E-state index contributed by atoms with van der Waals surface area (Å²) in [5.74, 6) is 12.4. The third-order valence-corrected chi connectivity index (χ3v) is 3.63. The van der Waals surface area contributed by atoms with Gasteiger partial charge in [-0.25, -0.2) is 0 Å². The Balaban J connectivity index is 0.00000242. The fourth-order valence-electron chi connectivity index (χ4n) is 2.39. The van der Waals surface area contributed by atoms with Crippen LogP contribution in [0.1, 0.15) is 43.2 Å². The Morgan fingerprint density at radius 2 is 1.55 bits per heavy atom. The molecule has 1 aromatic rings. The van der Waals surface area contributed by atoms with Crippen LogP contribution in [0.4, 0.5) is 0 Å². The van der Waals surface area contributed by atoms with Crippen molar-refractivity contribution in [3.8, 4) is 23.7 Å². The minimum Gasteiger partial charge on any atom is -0.378 e. The molecular formula is C19H24ClNO. The summed E-state index contributed by atoms with van der Waals surface area (Å²) in [5.41, 5.74) is 1.16. The van der Waals surface area contributed by atoms with E-state index in [1.807, 2.05) is 43.3 Å². The zero-order chi connectivity index (χ0) is 15.1. The number of halogens is 1. The van der Waals surface area contributed by atoms with E-state index in [1.54, 1.807) is 0 Å². The predicted molar refractivity (Wildman–Crippen MR) is 94.0 cm³/mol. The van der Waals surface area contributed by atoms with Crippen molar-refractivity contribution in [3.63, 3.8) is 0 Å². The van der Waals surface area contributed by atoms with E-state index in [0.717, 1.165) is 43.4 Å². The van der Waals surface area contributed by atoms with Crippen LogP contribution in [-0.4, -0.2) is 36.2 Å². The maximum atomic E-state index is 10.4. The van der Waals surface area contributed by atoms with E-state index in [9.17, 15) is 5.11 Å². The molecule has 1 fully saturated rings. The Hall–Kier alpha value is -1.45. The van der Waals surface area contributed by atoms with Crippen molar-refractivity contribution >= 4 is 12.4 Å². The van der Waals surface area contributed by atoms with Gasteiger partial charge in [-0.2, -0.15) is 0 Å². The number of rotatable bonds is 1. The Morgan fingerprint density at radius 3 is 2.09 bits per heavy atom. The molecule has 0 spiro atoms. The van der Waals surface area contributed by atoms with Gasteiger partial charge in [-0.1, -0.05) is 30.1 Å². The van der Waals surface area contributed by atoms with Gasteiger partial charge in [0.25, 0.3) is 0 Å². The van der Waals surface area contributed by atoms with E-state index >= 15 is 0 Å². The number of aliphatic hydroxyl groups is 1. The van der Waals surface area contributed by atoms with Crippen molar-refractivity contribution in [3.05, 3.63) is 35.4 Å². The Bertz CT molecular complexity index is 578. The smallest absolute Gasteiger partial charge is 0.125 e. The van der Waals surface area contributed by atoms with Crippen LogP contribution in [0.2, 0.25) is 0 Å². The standard InChI is InChI=1S/C19H23NO.ClH/c1-20(2)16-6-7-17-8-10-18(11-9-17)12-15-19(21)13-4-3-5-14-19;/h8-11,21H,3-5,13-14,16H2,1-2H3;1H. The molecule has 0 radical (unpaired) electrons. The van der Waals surface area contributed by atoms with Crippen molar-refractivity contribution in [2.75, 3.05) is 20.6 Å². The molecule has 0 aliphatic heterocycles. The van der Waals surface area contributed by atoms with Crippen molar-refractivity contribution in [2.45, 2.75) is 37.7 Å². The van der Waals surface area contributed by atoms with Gasteiger partial charge < -0.3 is 5.11 Å². The van der Waals surface area contributed by atoms with Gasteiger partial charge in [0, 0.05) is 11.1 Å². The molecule has 1 aliphatic rings. The number of hydrogen-bond acceptors (Lipinski definition) is 2. The highest BCUT2D eigenvalue weighted by Gasteiger charge is 2.26. The van der Waals surface area contributed by atoms with Crippen LogP contribution in [0.5, 0.6) is 0 Å². The first-order valence-electron chi connectivity index (χ1n) is 7.57. The molecule has 1 aliphatic carbocycles. The van der Waals surface area contributed by atoms with E-state index in [2.05, 4.69) is 23.7 Å². The Morgan fingerprint density at radius 1 is 1.00 bits per heavy atom. The van der Waals surface area contributed by atoms with Crippen molar-refractivity contribution in [2.24, 2.45) is 0 Å². The molecular weight excluding hydrogens is 294 g/mol. The molecule has 2 rings (SSSR count). The molecule has 0 aromatic heterocycles. The minimum atomic E-state index is -0.775. The van der Waals surface area contributed by atoms with Crippen LogP contribution in [-0.2, 0) is 0 Å². The van der Waals surface area contributed by atoms with Gasteiger partial charge in [-0.3, -0.25) is 4.90 Å². The molecule has 0 heterocycles. The zero-order valence-electron chi connectivity index (χ0n) is 13.4. The lowest BCUT2D eigenvalue weighted by Crippen LogP contribution is -2.29. The van der Waals surface area contributed by atoms with E-state index in [1.165, 1.54) is 6.42 Å². The van der Waals surface area contributed by atoms with Crippen molar-refractivity contribution in [1.29, 1.82) is 0 Å². The lowest BCUT2D eigenvalue weighted by Gasteiger charge is -2.26. The summed E-state index contributed by atoms with van der Waals surface area (Å²) in [6.45, 7) is 0.759. The molecule has 1 aromatic carbocycles. The first-order chi connectivity index (χ1) is 10.1. The SMILES string of the molecule is CN(C)CC#Cc1ccc(C#CC2(O)CCCCC2)cc1.Cl. The summed E-state index contributed by atoms with van der Waals surface area (Å²) in [5, 5.41) is 10.4. The summed E-state index contributed by atoms with van der Waals surface area (Å²) < 4.78 is 0. The van der Waals surface area contributed by atoms with Gasteiger partial charge in [0.1, 0.15) is 5.60 Å². The van der Waals surface area contributed by atoms with Crippen LogP contribution < -0.4 is 0 Å². The highest BCUT2D eigenvalue weighted by atomic mass is 35.5. The summed E-state index contributed by atoms with van der Waals surface area (Å²) in [6.07, 6.45) is 4.96. The molecule has 3 heteroatoms. The lowest BCUT2D eigenvalue weighted by molar-refractivity contribution is 0.0610. The van der Waals surface area contributed by atoms with Gasteiger partial charge in [0.05, 0.1) is 6.54 Å². The molecule has 1 N–H and O–H groups in total. The van der Waals surface area contributed by atoms with E-state index in [0.29, 0.717) is 0 Å². The zero-order valence-corrected chi connectivity index (χ0v) is 14.2. The van der Waals surface area contributed by atoms with Crippen LogP contribution in [0, 0.1) is 23.7 Å². The van der Waals surface area contributed by atoms with Gasteiger partial charge in [-0.05, 0) is 64.0 Å². The van der Waals surface area contributed by atoms with Crippen LogP contribution in [0.3, 0.4) is 0 Å². The quantitative estimate of drug-likeness (QED) is 0.805. The van der Waals surface area contributed by atoms with Crippen LogP contribution >= 0.6 is 12.4 Å². The molecule has 0 bridgehead atoms. The van der Waals surface area contributed by atoms with Crippen LogP contribution in [0.25, 0.3) is 0 Å². The average molecular weight is 318 g/mol. The Labute approximate surface area is 140 Å². The van der Waals surface area contributed by atoms with E-state index < -0.39 is 5.60 Å². The third kappa shape index (κ3) is 6.12. The van der Waals surface area contributed by atoms with Gasteiger partial charge in [-0.15, -0.1) is 12.4 Å². The normalized spacial score (nSPS) is 15.8. The van der Waals surface area contributed by atoms with Crippen molar-refractivity contribution in [1.82, 2.24) is 4.90 Å². The molecule has 0 unspecified atom stereocenters. The van der Waals surface area contributed by atoms with Gasteiger partial charge in [0.15, 0.2) is 0 Å². The average Bonchev–Trinajstić information content (AvgIpc) is 2.47. The second-order valence-corrected chi connectivity index (χ2v) is 5.96. The summed E-state index contributed by atoms with van der Waals surface area (Å²) in [7, 11) is 4.01. The first-order valence-corrected chi connectivity index (χ1v) is 7.57.